The van der Waals surface area contributed by atoms with Crippen molar-refractivity contribution in [1.82, 2.24) is 4.98 Å². The lowest BCUT2D eigenvalue weighted by molar-refractivity contribution is 0.193. The summed E-state index contributed by atoms with van der Waals surface area (Å²) in [4.78, 5) is 4.81. The van der Waals surface area contributed by atoms with Gasteiger partial charge in [0.1, 0.15) is 11.9 Å². The average Bonchev–Trinajstić information content (AvgIpc) is 3.13. The van der Waals surface area contributed by atoms with Crippen molar-refractivity contribution in [3.8, 4) is 0 Å². The van der Waals surface area contributed by atoms with Gasteiger partial charge in [-0.1, -0.05) is 58.4 Å². The lowest BCUT2D eigenvalue weighted by atomic mass is 9.96. The first-order valence-electron chi connectivity index (χ1n) is 9.82. The molecule has 0 aliphatic carbocycles. The number of hydrogen-bond acceptors (Lipinski definition) is 3. The Hall–Kier alpha value is -1.91. The fraction of sp³-hybridized carbons (Fsp3) is 0.435. The molecule has 2 heterocycles. The van der Waals surface area contributed by atoms with E-state index in [2.05, 4.69) is 65.1 Å². The maximum absolute atomic E-state index is 6.93. The minimum absolute atomic E-state index is 0.112. The van der Waals surface area contributed by atoms with Crippen LogP contribution in [-0.2, 0) is 10.8 Å². The van der Waals surface area contributed by atoms with E-state index < -0.39 is 8.32 Å². The third-order valence-electron chi connectivity index (χ3n) is 5.69. The number of furan rings is 1. The van der Waals surface area contributed by atoms with Crippen LogP contribution in [0.1, 0.15) is 57.2 Å². The van der Waals surface area contributed by atoms with Gasteiger partial charge in [-0.05, 0) is 42.1 Å². The van der Waals surface area contributed by atoms with Crippen LogP contribution in [0.2, 0.25) is 18.1 Å². The Morgan fingerprint density at radius 2 is 1.85 bits per heavy atom. The summed E-state index contributed by atoms with van der Waals surface area (Å²) in [6.07, 6.45) is 5.45. The van der Waals surface area contributed by atoms with Crippen LogP contribution in [0.4, 0.5) is 0 Å². The standard InChI is InChI=1S/C23H31NO2Si/c1-7-11-19-21(18-13-9-8-12-17(18)16-24-19)22(20-14-10-15-25-20)26-27(5,6)23(2,3)4/h8-10,12-16,22H,7,11H2,1-6H3. The molecule has 3 nitrogen and oxygen atoms in total. The summed E-state index contributed by atoms with van der Waals surface area (Å²) >= 11 is 0. The number of rotatable bonds is 6. The number of nitrogens with zero attached hydrogens (tertiary/aromatic N) is 1. The Labute approximate surface area is 163 Å². The zero-order chi connectivity index (χ0) is 19.7. The van der Waals surface area contributed by atoms with Crippen molar-refractivity contribution < 1.29 is 8.84 Å². The van der Waals surface area contributed by atoms with Crippen LogP contribution in [-0.4, -0.2) is 13.3 Å². The fourth-order valence-electron chi connectivity index (χ4n) is 3.13. The topological polar surface area (TPSA) is 35.3 Å². The number of aryl methyl sites for hydroxylation is 1. The van der Waals surface area contributed by atoms with Crippen molar-refractivity contribution in [3.05, 3.63) is 65.9 Å². The second kappa shape index (κ2) is 7.61. The Morgan fingerprint density at radius 1 is 1.11 bits per heavy atom. The molecule has 0 amide bonds. The number of benzene rings is 1. The summed E-state index contributed by atoms with van der Waals surface area (Å²) in [6.45, 7) is 13.6. The molecular weight excluding hydrogens is 350 g/mol. The largest absolute Gasteiger partial charge is 0.466 e. The van der Waals surface area contributed by atoms with E-state index in [9.17, 15) is 0 Å². The van der Waals surface area contributed by atoms with Gasteiger partial charge in [0, 0.05) is 22.8 Å². The van der Waals surface area contributed by atoms with E-state index in [1.54, 1.807) is 6.26 Å². The molecule has 2 aromatic heterocycles. The SMILES string of the molecule is CCCc1ncc2ccccc2c1C(O[Si](C)(C)C(C)(C)C)c1ccco1. The summed E-state index contributed by atoms with van der Waals surface area (Å²) < 4.78 is 12.8. The van der Waals surface area contributed by atoms with Gasteiger partial charge >= 0.3 is 0 Å². The van der Waals surface area contributed by atoms with Gasteiger partial charge in [-0.3, -0.25) is 4.98 Å². The first-order chi connectivity index (χ1) is 12.7. The molecule has 3 aromatic rings. The third-order valence-corrected chi connectivity index (χ3v) is 10.1. The highest BCUT2D eigenvalue weighted by Gasteiger charge is 2.41. The van der Waals surface area contributed by atoms with Crippen LogP contribution < -0.4 is 0 Å². The molecule has 0 aliphatic heterocycles. The Kier molecular flexibility index (Phi) is 5.59. The summed E-state index contributed by atoms with van der Waals surface area (Å²) in [7, 11) is -2.03. The molecule has 0 saturated heterocycles. The quantitative estimate of drug-likeness (QED) is 0.436. The molecule has 0 bridgehead atoms. The van der Waals surface area contributed by atoms with Gasteiger partial charge in [-0.2, -0.15) is 0 Å². The molecule has 3 rings (SSSR count). The molecule has 0 spiro atoms. The van der Waals surface area contributed by atoms with Gasteiger partial charge in [-0.25, -0.2) is 0 Å². The van der Waals surface area contributed by atoms with Crippen LogP contribution >= 0.6 is 0 Å². The normalized spacial score (nSPS) is 13.9. The van der Waals surface area contributed by atoms with E-state index >= 15 is 0 Å². The molecule has 1 atom stereocenters. The maximum Gasteiger partial charge on any atom is 0.193 e. The molecule has 144 valence electrons. The Morgan fingerprint density at radius 3 is 2.48 bits per heavy atom. The molecule has 0 saturated carbocycles. The highest BCUT2D eigenvalue weighted by atomic mass is 28.4. The van der Waals surface area contributed by atoms with Gasteiger partial charge in [0.2, 0.25) is 0 Å². The van der Waals surface area contributed by atoms with Crippen LogP contribution in [0.5, 0.6) is 0 Å². The highest BCUT2D eigenvalue weighted by Crippen LogP contribution is 2.43. The number of hydrogen-bond donors (Lipinski definition) is 0. The van der Waals surface area contributed by atoms with Crippen molar-refractivity contribution >= 4 is 19.1 Å². The zero-order valence-electron chi connectivity index (χ0n) is 17.4. The van der Waals surface area contributed by atoms with Crippen molar-refractivity contribution in [1.29, 1.82) is 0 Å². The lowest BCUT2D eigenvalue weighted by Crippen LogP contribution is -2.42. The lowest BCUT2D eigenvalue weighted by Gasteiger charge is -2.39. The van der Waals surface area contributed by atoms with Gasteiger partial charge in [0.05, 0.1) is 6.26 Å². The Bertz CT molecular complexity index is 894. The molecule has 1 aromatic carbocycles. The number of fused-ring (bicyclic) bond motifs is 1. The van der Waals surface area contributed by atoms with Gasteiger partial charge < -0.3 is 8.84 Å². The fourth-order valence-corrected chi connectivity index (χ4v) is 4.30. The molecular formula is C23H31NO2Si. The monoisotopic (exact) mass is 381 g/mol. The van der Waals surface area contributed by atoms with Crippen LogP contribution in [0, 0.1) is 0 Å². The molecule has 0 aliphatic rings. The summed E-state index contributed by atoms with van der Waals surface area (Å²) in [5.74, 6) is 0.857. The van der Waals surface area contributed by atoms with Gasteiger partial charge in [-0.15, -0.1) is 0 Å². The van der Waals surface area contributed by atoms with E-state index in [-0.39, 0.29) is 11.1 Å². The summed E-state index contributed by atoms with van der Waals surface area (Å²) in [5.41, 5.74) is 2.27. The molecule has 4 heteroatoms. The van der Waals surface area contributed by atoms with E-state index in [1.165, 1.54) is 5.39 Å². The van der Waals surface area contributed by atoms with Gasteiger partial charge in [0.15, 0.2) is 8.32 Å². The minimum atomic E-state index is -2.03. The molecule has 0 radical (unpaired) electrons. The second-order valence-corrected chi connectivity index (χ2v) is 13.5. The second-order valence-electron chi connectivity index (χ2n) is 8.73. The van der Waals surface area contributed by atoms with Crippen molar-refractivity contribution in [2.24, 2.45) is 0 Å². The maximum atomic E-state index is 6.93. The van der Waals surface area contributed by atoms with E-state index in [4.69, 9.17) is 13.8 Å². The smallest absolute Gasteiger partial charge is 0.193 e. The minimum Gasteiger partial charge on any atom is -0.466 e. The zero-order valence-corrected chi connectivity index (χ0v) is 18.4. The van der Waals surface area contributed by atoms with Crippen LogP contribution in [0.25, 0.3) is 10.8 Å². The average molecular weight is 382 g/mol. The number of aromatic nitrogens is 1. The van der Waals surface area contributed by atoms with E-state index in [0.29, 0.717) is 0 Å². The molecule has 1 unspecified atom stereocenters. The van der Waals surface area contributed by atoms with E-state index in [1.807, 2.05) is 18.3 Å². The van der Waals surface area contributed by atoms with Gasteiger partial charge in [0.25, 0.3) is 0 Å². The molecule has 0 fully saturated rings. The molecule has 27 heavy (non-hydrogen) atoms. The summed E-state index contributed by atoms with van der Waals surface area (Å²) in [6, 6.07) is 12.4. The van der Waals surface area contributed by atoms with Crippen molar-refractivity contribution in [2.75, 3.05) is 0 Å². The highest BCUT2D eigenvalue weighted by molar-refractivity contribution is 6.74. The first-order valence-corrected chi connectivity index (χ1v) is 12.7. The van der Waals surface area contributed by atoms with Crippen LogP contribution in [0.3, 0.4) is 0 Å². The number of pyridine rings is 1. The van der Waals surface area contributed by atoms with Crippen molar-refractivity contribution in [3.63, 3.8) is 0 Å². The van der Waals surface area contributed by atoms with Crippen LogP contribution in [0.15, 0.2) is 53.3 Å². The van der Waals surface area contributed by atoms with Crippen molar-refractivity contribution in [2.45, 2.75) is 64.8 Å². The van der Waals surface area contributed by atoms with E-state index in [0.717, 1.165) is 35.2 Å². The molecule has 0 N–H and O–H groups in total. The predicted octanol–water partition coefficient (Wildman–Crippen LogP) is 6.89. The third kappa shape index (κ3) is 4.02. The predicted molar refractivity (Wildman–Crippen MR) is 115 cm³/mol. The first kappa shape index (κ1) is 19.8. The Balaban J connectivity index is 2.22. The summed E-state index contributed by atoms with van der Waals surface area (Å²) in [5, 5.41) is 2.46.